The minimum Gasteiger partial charge on any atom is -0.337 e. The Balaban J connectivity index is 1.15. The van der Waals surface area contributed by atoms with Crippen molar-refractivity contribution in [1.29, 1.82) is 0 Å². The summed E-state index contributed by atoms with van der Waals surface area (Å²) in [5, 5.41) is 0. The normalized spacial score (nSPS) is 11.3. The first-order valence-corrected chi connectivity index (χ1v) is 16.2. The fourth-order valence-electron chi connectivity index (χ4n) is 6.66. The van der Waals surface area contributed by atoms with Gasteiger partial charge in [0, 0.05) is 33.4 Å². The summed E-state index contributed by atoms with van der Waals surface area (Å²) in [4.78, 5) is 17.8. The van der Waals surface area contributed by atoms with Crippen LogP contribution in [0.15, 0.2) is 170 Å². The molecular weight excluding hydrogens is 585 g/mol. The number of H-pyrrole nitrogens is 2. The molecule has 9 aromatic rings. The molecule has 0 aliphatic carbocycles. The van der Waals surface area contributed by atoms with Crippen molar-refractivity contribution in [1.82, 2.24) is 19.9 Å². The molecule has 2 N–H and O–H groups in total. The van der Waals surface area contributed by atoms with E-state index in [-0.39, 0.29) is 0 Å². The van der Waals surface area contributed by atoms with Gasteiger partial charge in [-0.1, -0.05) is 170 Å². The Kier molecular flexibility index (Phi) is 6.76. The van der Waals surface area contributed by atoms with E-state index in [1.54, 1.807) is 0 Å². The summed E-state index contributed by atoms with van der Waals surface area (Å²) in [6.07, 6.45) is 0. The second kappa shape index (κ2) is 11.7. The van der Waals surface area contributed by atoms with Gasteiger partial charge in [0.1, 0.15) is 11.6 Å². The van der Waals surface area contributed by atoms with Crippen LogP contribution in [0.5, 0.6) is 0 Å². The number of imidazole rings is 2. The molecule has 4 heteroatoms. The van der Waals surface area contributed by atoms with E-state index < -0.39 is 0 Å². The summed E-state index contributed by atoms with van der Waals surface area (Å²) in [5.41, 5.74) is 15.1. The van der Waals surface area contributed by atoms with E-state index in [0.29, 0.717) is 0 Å². The third-order valence-corrected chi connectivity index (χ3v) is 9.06. The molecule has 0 aliphatic rings. The highest BCUT2D eigenvalue weighted by Crippen LogP contribution is 2.38. The van der Waals surface area contributed by atoms with Crippen LogP contribution in [0.3, 0.4) is 0 Å². The van der Waals surface area contributed by atoms with Crippen LogP contribution in [0.4, 0.5) is 0 Å². The van der Waals surface area contributed by atoms with Crippen LogP contribution in [0.1, 0.15) is 0 Å². The van der Waals surface area contributed by atoms with E-state index in [9.17, 15) is 0 Å². The average Bonchev–Trinajstić information content (AvgIpc) is 3.82. The summed E-state index contributed by atoms with van der Waals surface area (Å²) in [6.45, 7) is 0. The smallest absolute Gasteiger partial charge is 0.138 e. The lowest BCUT2D eigenvalue weighted by Gasteiger charge is -2.07. The molecule has 2 aromatic heterocycles. The van der Waals surface area contributed by atoms with Gasteiger partial charge in [0.2, 0.25) is 0 Å². The first kappa shape index (κ1) is 27.8. The Morgan fingerprint density at radius 2 is 0.562 bits per heavy atom. The average molecular weight is 615 g/mol. The molecule has 0 unspecified atom stereocenters. The van der Waals surface area contributed by atoms with E-state index in [4.69, 9.17) is 9.97 Å². The first-order valence-electron chi connectivity index (χ1n) is 16.2. The highest BCUT2D eigenvalue weighted by atomic mass is 14.9. The maximum absolute atomic E-state index is 5.19. The van der Waals surface area contributed by atoms with Crippen LogP contribution in [-0.4, -0.2) is 19.9 Å². The lowest BCUT2D eigenvalue weighted by Crippen LogP contribution is -1.85. The zero-order chi connectivity index (χ0) is 31.9. The van der Waals surface area contributed by atoms with Gasteiger partial charge in [0.15, 0.2) is 0 Å². The summed E-state index contributed by atoms with van der Waals surface area (Å²) in [5.74, 6) is 1.67. The van der Waals surface area contributed by atoms with Gasteiger partial charge >= 0.3 is 0 Å². The Hall–Kier alpha value is -6.52. The minimum atomic E-state index is 0.833. The number of rotatable bonds is 6. The summed E-state index contributed by atoms with van der Waals surface area (Å²) in [7, 11) is 0. The fourth-order valence-corrected chi connectivity index (χ4v) is 6.66. The fraction of sp³-hybridized carbons (Fsp3) is 0. The van der Waals surface area contributed by atoms with E-state index in [1.165, 1.54) is 0 Å². The van der Waals surface area contributed by atoms with Crippen LogP contribution in [0.2, 0.25) is 0 Å². The Labute approximate surface area is 278 Å². The van der Waals surface area contributed by atoms with Crippen molar-refractivity contribution in [3.05, 3.63) is 170 Å². The monoisotopic (exact) mass is 614 g/mol. The molecule has 0 bridgehead atoms. The maximum Gasteiger partial charge on any atom is 0.138 e. The molecule has 226 valence electrons. The van der Waals surface area contributed by atoms with Gasteiger partial charge in [-0.3, -0.25) is 0 Å². The van der Waals surface area contributed by atoms with Gasteiger partial charge in [-0.25, -0.2) is 9.97 Å². The van der Waals surface area contributed by atoms with Gasteiger partial charge < -0.3 is 9.97 Å². The van der Waals surface area contributed by atoms with Crippen molar-refractivity contribution in [3.63, 3.8) is 0 Å². The lowest BCUT2D eigenvalue weighted by molar-refractivity contribution is 1.32. The number of benzene rings is 7. The summed E-state index contributed by atoms with van der Waals surface area (Å²) in [6, 6.07) is 59.2. The van der Waals surface area contributed by atoms with Gasteiger partial charge in [-0.05, 0) is 22.3 Å². The molecule has 7 aromatic carbocycles. The molecule has 2 heterocycles. The number of nitrogens with zero attached hydrogens (tertiary/aromatic N) is 2. The molecule has 9 rings (SSSR count). The number of aromatic amines is 2. The highest BCUT2D eigenvalue weighted by molar-refractivity contribution is 6.03. The van der Waals surface area contributed by atoms with Crippen LogP contribution in [-0.2, 0) is 0 Å². The van der Waals surface area contributed by atoms with E-state index in [1.807, 2.05) is 24.3 Å². The zero-order valence-corrected chi connectivity index (χ0v) is 26.1. The van der Waals surface area contributed by atoms with Crippen molar-refractivity contribution in [2.24, 2.45) is 0 Å². The number of nitrogens with one attached hydrogen (secondary N) is 2. The molecule has 0 aliphatic heterocycles. The molecule has 0 radical (unpaired) electrons. The van der Waals surface area contributed by atoms with Crippen molar-refractivity contribution in [2.45, 2.75) is 0 Å². The maximum atomic E-state index is 5.19. The predicted octanol–water partition coefficient (Wildman–Crippen LogP) is 11.4. The van der Waals surface area contributed by atoms with Gasteiger partial charge in [-0.2, -0.15) is 0 Å². The largest absolute Gasteiger partial charge is 0.337 e. The van der Waals surface area contributed by atoms with Crippen LogP contribution < -0.4 is 0 Å². The molecule has 48 heavy (non-hydrogen) atoms. The van der Waals surface area contributed by atoms with Crippen LogP contribution >= 0.6 is 0 Å². The minimum absolute atomic E-state index is 0.833. The molecule has 0 spiro atoms. The lowest BCUT2D eigenvalue weighted by atomic mass is 9.98. The molecule has 0 fully saturated rings. The molecule has 0 atom stereocenters. The number of aromatic nitrogens is 4. The van der Waals surface area contributed by atoms with Crippen molar-refractivity contribution in [2.75, 3.05) is 0 Å². The number of fused-ring (bicyclic) bond motifs is 2. The second-order valence-electron chi connectivity index (χ2n) is 12.0. The second-order valence-corrected chi connectivity index (χ2v) is 12.0. The number of hydrogen-bond donors (Lipinski definition) is 2. The number of hydrogen-bond acceptors (Lipinski definition) is 2. The summed E-state index contributed by atoms with van der Waals surface area (Å²) < 4.78 is 0. The predicted molar refractivity (Wildman–Crippen MR) is 198 cm³/mol. The Bertz CT molecular complexity index is 2180. The SMILES string of the molecule is c1ccc(-c2ccc(-c3ccccc3)c3[nH]c(-c4ccc(-c5nc6c(-c7ccccc7)ccc(-c7ccccc7)c6[nH]5)cc4)nc23)cc1. The van der Waals surface area contributed by atoms with E-state index in [2.05, 4.69) is 156 Å². The quantitative estimate of drug-likeness (QED) is 0.196. The third kappa shape index (κ3) is 4.88. The van der Waals surface area contributed by atoms with Crippen LogP contribution in [0.25, 0.3) is 89.4 Å². The van der Waals surface area contributed by atoms with Gasteiger partial charge in [-0.15, -0.1) is 0 Å². The standard InChI is InChI=1S/C44H30N4/c1-5-13-29(14-6-1)35-25-26-36(30-15-7-2-8-16-30)40-39(35)45-43(46-40)33-21-23-34(24-22-33)44-47-41-37(31-17-9-3-10-18-31)27-28-38(42(41)48-44)32-19-11-4-12-20-32/h1-28H,(H,45,46)(H,47,48). The topological polar surface area (TPSA) is 57.4 Å². The van der Waals surface area contributed by atoms with E-state index in [0.717, 1.165) is 89.4 Å². The molecule has 0 amide bonds. The van der Waals surface area contributed by atoms with Crippen molar-refractivity contribution >= 4 is 22.1 Å². The zero-order valence-electron chi connectivity index (χ0n) is 26.1. The molecule has 4 nitrogen and oxygen atoms in total. The van der Waals surface area contributed by atoms with Crippen molar-refractivity contribution in [3.8, 4) is 67.3 Å². The highest BCUT2D eigenvalue weighted by Gasteiger charge is 2.18. The molecular formula is C44H30N4. The summed E-state index contributed by atoms with van der Waals surface area (Å²) >= 11 is 0. The Morgan fingerprint density at radius 1 is 0.271 bits per heavy atom. The molecule has 0 saturated heterocycles. The third-order valence-electron chi connectivity index (χ3n) is 9.06. The molecule has 0 saturated carbocycles. The Morgan fingerprint density at radius 3 is 0.896 bits per heavy atom. The van der Waals surface area contributed by atoms with Gasteiger partial charge in [0.05, 0.1) is 22.1 Å². The van der Waals surface area contributed by atoms with Gasteiger partial charge in [0.25, 0.3) is 0 Å². The van der Waals surface area contributed by atoms with Crippen LogP contribution in [0, 0.1) is 0 Å². The first-order chi connectivity index (χ1) is 23.8. The van der Waals surface area contributed by atoms with Crippen molar-refractivity contribution < 1.29 is 0 Å². The van der Waals surface area contributed by atoms with E-state index >= 15 is 0 Å².